The fourth-order valence-corrected chi connectivity index (χ4v) is 1.29. The number of hydrogen-bond donors (Lipinski definition) is 1. The van der Waals surface area contributed by atoms with Gasteiger partial charge in [0, 0.05) is 6.07 Å². The minimum absolute atomic E-state index is 0.341. The van der Waals surface area contributed by atoms with E-state index in [9.17, 15) is 8.78 Å². The molecule has 94 valence electrons. The Morgan fingerprint density at radius 3 is 2.28 bits per heavy atom. The van der Waals surface area contributed by atoms with Gasteiger partial charge in [0.1, 0.15) is 11.5 Å². The number of rotatable bonds is 3. The van der Waals surface area contributed by atoms with E-state index in [1.54, 1.807) is 24.3 Å². The second-order valence-corrected chi connectivity index (χ2v) is 3.42. The minimum atomic E-state index is -0.922. The van der Waals surface area contributed by atoms with E-state index in [1.807, 2.05) is 0 Å². The topological polar surface area (TPSA) is 57.4 Å². The highest BCUT2D eigenvalue weighted by molar-refractivity contribution is 5.38. The molecule has 1 aromatic carbocycles. The van der Waals surface area contributed by atoms with Crippen LogP contribution in [0.4, 0.5) is 14.6 Å². The molecule has 0 atom stereocenters. The Kier molecular flexibility index (Phi) is 3.27. The number of nitrogens with zero attached hydrogens (tertiary/aromatic N) is 1. The molecule has 1 heterocycles. The van der Waals surface area contributed by atoms with E-state index >= 15 is 0 Å². The lowest BCUT2D eigenvalue weighted by Crippen LogP contribution is -2.00. The molecule has 2 N–H and O–H groups in total. The van der Waals surface area contributed by atoms with Crippen molar-refractivity contribution in [2.45, 2.75) is 0 Å². The molecule has 0 radical (unpaired) electrons. The Morgan fingerprint density at radius 1 is 1.06 bits per heavy atom. The molecule has 2 aromatic rings. The van der Waals surface area contributed by atoms with Crippen molar-refractivity contribution in [2.24, 2.45) is 0 Å². The quantitative estimate of drug-likeness (QED) is 0.912. The first-order chi connectivity index (χ1) is 8.60. The number of halogens is 2. The number of nitrogen functional groups attached to an aromatic ring is 1. The molecule has 18 heavy (non-hydrogen) atoms. The minimum Gasteiger partial charge on any atom is -0.497 e. The highest BCUT2D eigenvalue weighted by Crippen LogP contribution is 2.26. The summed E-state index contributed by atoms with van der Waals surface area (Å²) in [7, 11) is 1.53. The summed E-state index contributed by atoms with van der Waals surface area (Å²) in [5, 5.41) is 0. The summed E-state index contributed by atoms with van der Waals surface area (Å²) in [6, 6.07) is 7.04. The number of nitrogens with two attached hydrogens (primary N) is 1. The van der Waals surface area contributed by atoms with Crippen LogP contribution in [0.15, 0.2) is 30.3 Å². The van der Waals surface area contributed by atoms with Crippen LogP contribution in [-0.4, -0.2) is 12.1 Å². The average Bonchev–Trinajstić information content (AvgIpc) is 2.37. The molecule has 2 rings (SSSR count). The van der Waals surface area contributed by atoms with Gasteiger partial charge in [0.2, 0.25) is 0 Å². The lowest BCUT2D eigenvalue weighted by atomic mass is 10.3. The molecular weight excluding hydrogens is 242 g/mol. The molecule has 4 nitrogen and oxygen atoms in total. The van der Waals surface area contributed by atoms with Gasteiger partial charge in [0.25, 0.3) is 5.88 Å². The molecule has 0 fully saturated rings. The van der Waals surface area contributed by atoms with Crippen molar-refractivity contribution in [1.82, 2.24) is 4.98 Å². The molecular formula is C12H10F2N2O2. The number of pyridine rings is 1. The maximum Gasteiger partial charge on any atom is 0.258 e. The maximum atomic E-state index is 13.4. The molecule has 0 aliphatic heterocycles. The maximum absolute atomic E-state index is 13.4. The summed E-state index contributed by atoms with van der Waals surface area (Å²) in [6.45, 7) is 0. The summed E-state index contributed by atoms with van der Waals surface area (Å²) in [4.78, 5) is 3.48. The lowest BCUT2D eigenvalue weighted by molar-refractivity contribution is 0.406. The second-order valence-electron chi connectivity index (χ2n) is 3.42. The van der Waals surface area contributed by atoms with E-state index in [0.29, 0.717) is 17.6 Å². The van der Waals surface area contributed by atoms with Gasteiger partial charge in [-0.1, -0.05) is 0 Å². The molecule has 0 spiro atoms. The van der Waals surface area contributed by atoms with E-state index in [0.717, 1.165) is 0 Å². The first-order valence-electron chi connectivity index (χ1n) is 5.03. The monoisotopic (exact) mass is 252 g/mol. The van der Waals surface area contributed by atoms with Crippen molar-refractivity contribution in [1.29, 1.82) is 0 Å². The Hall–Kier alpha value is -2.37. The number of aromatic nitrogens is 1. The Labute approximate surface area is 102 Å². The third-order valence-corrected chi connectivity index (χ3v) is 2.20. The van der Waals surface area contributed by atoms with Crippen LogP contribution in [0.3, 0.4) is 0 Å². The number of hydrogen-bond acceptors (Lipinski definition) is 4. The molecule has 0 unspecified atom stereocenters. The van der Waals surface area contributed by atoms with Crippen molar-refractivity contribution >= 4 is 5.82 Å². The van der Waals surface area contributed by atoms with E-state index in [-0.39, 0.29) is 5.88 Å². The van der Waals surface area contributed by atoms with E-state index < -0.39 is 17.5 Å². The van der Waals surface area contributed by atoms with Crippen LogP contribution in [0.25, 0.3) is 0 Å². The first-order valence-corrected chi connectivity index (χ1v) is 5.03. The van der Waals surface area contributed by atoms with Crippen molar-refractivity contribution in [3.63, 3.8) is 0 Å². The highest BCUT2D eigenvalue weighted by Gasteiger charge is 2.11. The Morgan fingerprint density at radius 2 is 1.67 bits per heavy atom. The van der Waals surface area contributed by atoms with Gasteiger partial charge in [-0.05, 0) is 24.3 Å². The molecule has 1 aromatic heterocycles. The van der Waals surface area contributed by atoms with Gasteiger partial charge < -0.3 is 15.2 Å². The molecule has 0 bridgehead atoms. The second kappa shape index (κ2) is 4.87. The fraction of sp³-hybridized carbons (Fsp3) is 0.0833. The molecule has 0 aliphatic rings. The first kappa shape index (κ1) is 12.1. The smallest absolute Gasteiger partial charge is 0.258 e. The van der Waals surface area contributed by atoms with Gasteiger partial charge in [-0.15, -0.1) is 0 Å². The zero-order valence-electron chi connectivity index (χ0n) is 9.48. The van der Waals surface area contributed by atoms with Gasteiger partial charge in [0.05, 0.1) is 7.11 Å². The SMILES string of the molecule is COc1ccc(Oc2nc(N)c(F)cc2F)cc1. The highest BCUT2D eigenvalue weighted by atomic mass is 19.1. The third kappa shape index (κ3) is 2.48. The Balaban J connectivity index is 2.25. The molecule has 0 saturated heterocycles. The summed E-state index contributed by atoms with van der Waals surface area (Å²) >= 11 is 0. The zero-order chi connectivity index (χ0) is 13.1. The van der Waals surface area contributed by atoms with Gasteiger partial charge in [-0.2, -0.15) is 4.98 Å². The van der Waals surface area contributed by atoms with Crippen LogP contribution >= 0.6 is 0 Å². The molecule has 0 amide bonds. The molecule has 0 aliphatic carbocycles. The standard InChI is InChI=1S/C12H10F2N2O2/c1-17-7-2-4-8(5-3-7)18-12-10(14)6-9(13)11(15)16-12/h2-6H,1H3,(H2,15,16). The summed E-state index contributed by atoms with van der Waals surface area (Å²) < 4.78 is 36.4. The van der Waals surface area contributed by atoms with Crippen LogP contribution in [0.5, 0.6) is 17.4 Å². The van der Waals surface area contributed by atoms with Crippen molar-refractivity contribution < 1.29 is 18.3 Å². The number of anilines is 1. The summed E-state index contributed by atoms with van der Waals surface area (Å²) in [6.07, 6.45) is 0. The summed E-state index contributed by atoms with van der Waals surface area (Å²) in [5.74, 6) is -1.66. The fourth-order valence-electron chi connectivity index (χ4n) is 1.29. The number of ether oxygens (including phenoxy) is 2. The van der Waals surface area contributed by atoms with Crippen molar-refractivity contribution in [3.05, 3.63) is 42.0 Å². The van der Waals surface area contributed by atoms with Crippen molar-refractivity contribution in [3.8, 4) is 17.4 Å². The Bertz CT molecular complexity index is 559. The average molecular weight is 252 g/mol. The van der Waals surface area contributed by atoms with Gasteiger partial charge in [-0.3, -0.25) is 0 Å². The summed E-state index contributed by atoms with van der Waals surface area (Å²) in [5.41, 5.74) is 5.24. The van der Waals surface area contributed by atoms with E-state index in [4.69, 9.17) is 15.2 Å². The molecule has 6 heteroatoms. The predicted octanol–water partition coefficient (Wildman–Crippen LogP) is 2.74. The normalized spacial score (nSPS) is 10.2. The van der Waals surface area contributed by atoms with Gasteiger partial charge in [-0.25, -0.2) is 8.78 Å². The van der Waals surface area contributed by atoms with Crippen molar-refractivity contribution in [2.75, 3.05) is 12.8 Å². The number of benzene rings is 1. The van der Waals surface area contributed by atoms with Crippen LogP contribution in [0.2, 0.25) is 0 Å². The third-order valence-electron chi connectivity index (χ3n) is 2.20. The molecule has 0 saturated carbocycles. The van der Waals surface area contributed by atoms with Gasteiger partial charge >= 0.3 is 0 Å². The van der Waals surface area contributed by atoms with Crippen LogP contribution in [-0.2, 0) is 0 Å². The lowest BCUT2D eigenvalue weighted by Gasteiger charge is -2.07. The van der Waals surface area contributed by atoms with Crippen LogP contribution < -0.4 is 15.2 Å². The van der Waals surface area contributed by atoms with E-state index in [1.165, 1.54) is 7.11 Å². The number of methoxy groups -OCH3 is 1. The predicted molar refractivity (Wildman–Crippen MR) is 61.6 cm³/mol. The van der Waals surface area contributed by atoms with Crippen LogP contribution in [0, 0.1) is 11.6 Å². The van der Waals surface area contributed by atoms with Gasteiger partial charge in [0.15, 0.2) is 17.5 Å². The zero-order valence-corrected chi connectivity index (χ0v) is 9.48. The van der Waals surface area contributed by atoms with E-state index in [2.05, 4.69) is 4.98 Å². The largest absolute Gasteiger partial charge is 0.497 e. The van der Waals surface area contributed by atoms with Crippen LogP contribution in [0.1, 0.15) is 0 Å².